The van der Waals surface area contributed by atoms with Crippen LogP contribution in [0, 0.1) is 11.7 Å². The lowest BCUT2D eigenvalue weighted by Gasteiger charge is -2.33. The van der Waals surface area contributed by atoms with Gasteiger partial charge in [-0.3, -0.25) is 0 Å². The van der Waals surface area contributed by atoms with Crippen LogP contribution in [-0.4, -0.2) is 57.1 Å². The first kappa shape index (κ1) is 17.4. The molecule has 0 spiro atoms. The summed E-state index contributed by atoms with van der Waals surface area (Å²) in [7, 11) is -1.08. The standard InChI is InChI=1S/C16H25FN2O2S/c1-18(11-9-15-7-3-4-8-16(15)17)12-14-6-5-10-19(13-14)22(2,20)21/h3-4,7-8,14H,5-6,9-13H2,1-2H3/t14-/m1/s1. The number of nitrogens with zero attached hydrogens (tertiary/aromatic N) is 2. The van der Waals surface area contributed by atoms with E-state index in [-0.39, 0.29) is 5.82 Å². The topological polar surface area (TPSA) is 40.6 Å². The largest absolute Gasteiger partial charge is 0.306 e. The Morgan fingerprint density at radius 2 is 2.09 bits per heavy atom. The van der Waals surface area contributed by atoms with Crippen LogP contribution in [-0.2, 0) is 16.4 Å². The smallest absolute Gasteiger partial charge is 0.211 e. The summed E-state index contributed by atoms with van der Waals surface area (Å²) in [5.41, 5.74) is 0.732. The monoisotopic (exact) mass is 328 g/mol. The Morgan fingerprint density at radius 3 is 2.77 bits per heavy atom. The maximum Gasteiger partial charge on any atom is 0.211 e. The zero-order valence-corrected chi connectivity index (χ0v) is 14.2. The van der Waals surface area contributed by atoms with Crippen molar-refractivity contribution in [3.8, 4) is 0 Å². The Morgan fingerprint density at radius 1 is 1.36 bits per heavy atom. The number of likely N-dealkylation sites (N-methyl/N-ethyl adjacent to an activating group) is 1. The fourth-order valence-electron chi connectivity index (χ4n) is 3.02. The van der Waals surface area contributed by atoms with E-state index in [1.54, 1.807) is 10.4 Å². The maximum absolute atomic E-state index is 13.6. The minimum atomic E-state index is -3.09. The molecule has 1 saturated heterocycles. The molecule has 2 rings (SSSR count). The molecular formula is C16H25FN2O2S. The van der Waals surface area contributed by atoms with Crippen LogP contribution in [0.5, 0.6) is 0 Å². The summed E-state index contributed by atoms with van der Waals surface area (Å²) in [6.45, 7) is 2.86. The Bertz CT molecular complexity index is 592. The van der Waals surface area contributed by atoms with E-state index in [2.05, 4.69) is 4.90 Å². The van der Waals surface area contributed by atoms with Crippen molar-refractivity contribution >= 4 is 10.0 Å². The molecule has 4 nitrogen and oxygen atoms in total. The van der Waals surface area contributed by atoms with E-state index in [4.69, 9.17) is 0 Å². The summed E-state index contributed by atoms with van der Waals surface area (Å²) < 4.78 is 38.4. The summed E-state index contributed by atoms with van der Waals surface area (Å²) in [5, 5.41) is 0. The molecule has 1 aliphatic rings. The van der Waals surface area contributed by atoms with Crippen molar-refractivity contribution in [3.63, 3.8) is 0 Å². The van der Waals surface area contributed by atoms with Crippen LogP contribution in [0.1, 0.15) is 18.4 Å². The molecule has 0 bridgehead atoms. The molecule has 1 heterocycles. The third kappa shape index (κ3) is 5.04. The zero-order valence-electron chi connectivity index (χ0n) is 13.3. The first-order valence-electron chi connectivity index (χ1n) is 7.73. The van der Waals surface area contributed by atoms with Gasteiger partial charge in [0, 0.05) is 26.2 Å². The predicted octanol–water partition coefficient (Wildman–Crippen LogP) is 1.97. The van der Waals surface area contributed by atoms with Crippen LogP contribution in [0.2, 0.25) is 0 Å². The highest BCUT2D eigenvalue weighted by molar-refractivity contribution is 7.88. The molecule has 1 aliphatic heterocycles. The van der Waals surface area contributed by atoms with Crippen molar-refractivity contribution < 1.29 is 12.8 Å². The van der Waals surface area contributed by atoms with E-state index in [0.717, 1.165) is 31.5 Å². The average Bonchev–Trinajstić information content (AvgIpc) is 2.46. The summed E-state index contributed by atoms with van der Waals surface area (Å²) in [5.74, 6) is 0.200. The third-order valence-electron chi connectivity index (χ3n) is 4.24. The van der Waals surface area contributed by atoms with Crippen molar-refractivity contribution in [1.29, 1.82) is 0 Å². The van der Waals surface area contributed by atoms with E-state index >= 15 is 0 Å². The van der Waals surface area contributed by atoms with Crippen LogP contribution < -0.4 is 0 Å². The Kier molecular flexibility index (Phi) is 5.94. The van der Waals surface area contributed by atoms with Crippen molar-refractivity contribution in [3.05, 3.63) is 35.6 Å². The van der Waals surface area contributed by atoms with Crippen molar-refractivity contribution in [2.24, 2.45) is 5.92 Å². The highest BCUT2D eigenvalue weighted by Gasteiger charge is 2.26. The zero-order chi connectivity index (χ0) is 16.2. The molecule has 0 aliphatic carbocycles. The highest BCUT2D eigenvalue weighted by Crippen LogP contribution is 2.19. The molecule has 22 heavy (non-hydrogen) atoms. The van der Waals surface area contributed by atoms with Crippen LogP contribution in [0.3, 0.4) is 0 Å². The van der Waals surface area contributed by atoms with Gasteiger partial charge in [0.15, 0.2) is 0 Å². The van der Waals surface area contributed by atoms with E-state index < -0.39 is 10.0 Å². The second kappa shape index (κ2) is 7.53. The molecule has 1 aromatic carbocycles. The first-order chi connectivity index (χ1) is 10.4. The van der Waals surface area contributed by atoms with Crippen LogP contribution in [0.15, 0.2) is 24.3 Å². The number of hydrogen-bond acceptors (Lipinski definition) is 3. The average molecular weight is 328 g/mol. The number of halogens is 1. The fourth-order valence-corrected chi connectivity index (χ4v) is 3.96. The molecule has 0 unspecified atom stereocenters. The Labute approximate surface area is 133 Å². The molecule has 6 heteroatoms. The molecule has 0 saturated carbocycles. The van der Waals surface area contributed by atoms with Gasteiger partial charge in [0.05, 0.1) is 6.26 Å². The third-order valence-corrected chi connectivity index (χ3v) is 5.51. The Balaban J connectivity index is 1.82. The lowest BCUT2D eigenvalue weighted by Crippen LogP contribution is -2.42. The van der Waals surface area contributed by atoms with E-state index in [0.29, 0.717) is 25.4 Å². The van der Waals surface area contributed by atoms with Gasteiger partial charge in [-0.25, -0.2) is 17.1 Å². The van der Waals surface area contributed by atoms with Crippen LogP contribution >= 0.6 is 0 Å². The van der Waals surface area contributed by atoms with Gasteiger partial charge in [-0.1, -0.05) is 18.2 Å². The second-order valence-electron chi connectivity index (χ2n) is 6.23. The van der Waals surface area contributed by atoms with Gasteiger partial charge in [0.1, 0.15) is 5.82 Å². The number of benzene rings is 1. The van der Waals surface area contributed by atoms with Crippen molar-refractivity contribution in [1.82, 2.24) is 9.21 Å². The summed E-state index contributed by atoms with van der Waals surface area (Å²) in [6.07, 6.45) is 3.91. The van der Waals surface area contributed by atoms with Gasteiger partial charge in [-0.05, 0) is 43.9 Å². The minimum Gasteiger partial charge on any atom is -0.306 e. The quantitative estimate of drug-likeness (QED) is 0.802. The summed E-state index contributed by atoms with van der Waals surface area (Å²) >= 11 is 0. The SMILES string of the molecule is CN(CCc1ccccc1F)C[C@H]1CCCN(S(C)(=O)=O)C1. The highest BCUT2D eigenvalue weighted by atomic mass is 32.2. The molecule has 0 radical (unpaired) electrons. The molecule has 1 atom stereocenters. The Hall–Kier alpha value is -0.980. The summed E-state index contributed by atoms with van der Waals surface area (Å²) in [6, 6.07) is 6.85. The molecule has 124 valence electrons. The normalized spacial score (nSPS) is 20.5. The molecule has 0 N–H and O–H groups in total. The number of piperidine rings is 1. The lowest BCUT2D eigenvalue weighted by molar-refractivity contribution is 0.201. The van der Waals surface area contributed by atoms with Crippen molar-refractivity contribution in [2.75, 3.05) is 39.5 Å². The maximum atomic E-state index is 13.6. The number of rotatable bonds is 6. The van der Waals surface area contributed by atoms with Gasteiger partial charge in [0.25, 0.3) is 0 Å². The second-order valence-corrected chi connectivity index (χ2v) is 8.22. The fraction of sp³-hybridized carbons (Fsp3) is 0.625. The van der Waals surface area contributed by atoms with Crippen LogP contribution in [0.25, 0.3) is 0 Å². The van der Waals surface area contributed by atoms with E-state index in [9.17, 15) is 12.8 Å². The van der Waals surface area contributed by atoms with Gasteiger partial charge in [-0.2, -0.15) is 0 Å². The molecule has 1 fully saturated rings. The summed E-state index contributed by atoms with van der Waals surface area (Å²) in [4.78, 5) is 2.17. The van der Waals surface area contributed by atoms with E-state index in [1.165, 1.54) is 12.3 Å². The molecular weight excluding hydrogens is 303 g/mol. The predicted molar refractivity (Wildman–Crippen MR) is 86.7 cm³/mol. The molecule has 0 amide bonds. The van der Waals surface area contributed by atoms with Gasteiger partial charge in [0.2, 0.25) is 10.0 Å². The minimum absolute atomic E-state index is 0.156. The molecule has 1 aromatic rings. The van der Waals surface area contributed by atoms with Gasteiger partial charge < -0.3 is 4.90 Å². The van der Waals surface area contributed by atoms with Gasteiger partial charge >= 0.3 is 0 Å². The number of hydrogen-bond donors (Lipinski definition) is 0. The van der Waals surface area contributed by atoms with Gasteiger partial charge in [-0.15, -0.1) is 0 Å². The first-order valence-corrected chi connectivity index (χ1v) is 9.58. The van der Waals surface area contributed by atoms with Crippen LogP contribution in [0.4, 0.5) is 4.39 Å². The van der Waals surface area contributed by atoms with Crippen molar-refractivity contribution in [2.45, 2.75) is 19.3 Å². The molecule has 0 aromatic heterocycles. The lowest BCUT2D eigenvalue weighted by atomic mass is 9.99. The van der Waals surface area contributed by atoms with E-state index in [1.807, 2.05) is 19.2 Å². The number of sulfonamides is 1.